The Morgan fingerprint density at radius 1 is 0.684 bits per heavy atom. The predicted molar refractivity (Wildman–Crippen MR) is 85.5 cm³/mol. The summed E-state index contributed by atoms with van der Waals surface area (Å²) in [4.78, 5) is 0. The van der Waals surface area contributed by atoms with Crippen LogP contribution in [0.5, 0.6) is 0 Å². The van der Waals surface area contributed by atoms with E-state index in [0.29, 0.717) is 0 Å². The van der Waals surface area contributed by atoms with E-state index in [1.165, 1.54) is 0 Å². The first-order valence-corrected chi connectivity index (χ1v) is 10.1. The van der Waals surface area contributed by atoms with Gasteiger partial charge in [-0.05, 0) is 0 Å². The lowest BCUT2D eigenvalue weighted by Crippen LogP contribution is -2.27. The van der Waals surface area contributed by atoms with Gasteiger partial charge in [0.1, 0.15) is 0 Å². The molecule has 0 fully saturated rings. The first-order chi connectivity index (χ1) is 9.00. The van der Waals surface area contributed by atoms with Crippen molar-refractivity contribution >= 4 is 77.2 Å². The maximum Gasteiger partial charge on any atom is 0.336 e. The molecular formula is C9H15Cl6O3P. The van der Waals surface area contributed by atoms with Crippen molar-refractivity contribution in [3.63, 3.8) is 0 Å². The highest BCUT2D eigenvalue weighted by Gasteiger charge is 2.39. The topological polar surface area (TPSA) is 35.5 Å². The minimum Gasteiger partial charge on any atom is -0.302 e. The summed E-state index contributed by atoms with van der Waals surface area (Å²) in [6, 6.07) is 0. The van der Waals surface area contributed by atoms with Gasteiger partial charge in [0, 0.05) is 11.8 Å². The van der Waals surface area contributed by atoms with Crippen LogP contribution in [0.1, 0.15) is 0 Å². The van der Waals surface area contributed by atoms with E-state index in [-0.39, 0.29) is 35.3 Å². The number of rotatable bonds is 11. The van der Waals surface area contributed by atoms with Gasteiger partial charge in [-0.15, -0.1) is 69.6 Å². The molecule has 0 aromatic heterocycles. The maximum absolute atomic E-state index is 12.8. The third-order valence-corrected chi connectivity index (χ3v) is 7.08. The molecule has 0 heterocycles. The second kappa shape index (κ2) is 11.5. The number of halogens is 6. The smallest absolute Gasteiger partial charge is 0.302 e. The molecule has 19 heavy (non-hydrogen) atoms. The third-order valence-electron chi connectivity index (χ3n) is 2.08. The fourth-order valence-corrected chi connectivity index (χ4v) is 5.49. The Labute approximate surface area is 143 Å². The van der Waals surface area contributed by atoms with E-state index in [1.54, 1.807) is 0 Å². The average molecular weight is 415 g/mol. The van der Waals surface area contributed by atoms with Gasteiger partial charge >= 0.3 is 7.60 Å². The van der Waals surface area contributed by atoms with Crippen LogP contribution in [0.4, 0.5) is 0 Å². The van der Waals surface area contributed by atoms with Gasteiger partial charge in [0.2, 0.25) is 0 Å². The van der Waals surface area contributed by atoms with Gasteiger partial charge in [-0.3, -0.25) is 4.57 Å². The van der Waals surface area contributed by atoms with Gasteiger partial charge in [-0.25, -0.2) is 0 Å². The summed E-state index contributed by atoms with van der Waals surface area (Å²) >= 11 is 34.1. The molecular weight excluding hydrogens is 400 g/mol. The summed E-state index contributed by atoms with van der Waals surface area (Å²) in [5, 5.41) is 0. The predicted octanol–water partition coefficient (Wildman–Crippen LogP) is 4.75. The van der Waals surface area contributed by atoms with E-state index in [0.717, 1.165) is 0 Å². The van der Waals surface area contributed by atoms with E-state index in [9.17, 15) is 4.57 Å². The Morgan fingerprint density at radius 2 is 1.00 bits per heavy atom. The molecule has 0 aliphatic heterocycles. The highest BCUT2D eigenvalue weighted by molar-refractivity contribution is 7.55. The molecule has 0 N–H and O–H groups in total. The van der Waals surface area contributed by atoms with Crippen molar-refractivity contribution in [1.29, 1.82) is 0 Å². The minimum absolute atomic E-state index is 0.00929. The van der Waals surface area contributed by atoms with Crippen LogP contribution in [-0.4, -0.2) is 53.1 Å². The lowest BCUT2D eigenvalue weighted by molar-refractivity contribution is 0.143. The summed E-state index contributed by atoms with van der Waals surface area (Å²) in [5.74, 6) is 0.299. The van der Waals surface area contributed by atoms with Crippen LogP contribution in [0.2, 0.25) is 0 Å². The first-order valence-electron chi connectivity index (χ1n) is 5.33. The summed E-state index contributed by atoms with van der Waals surface area (Å²) in [5.41, 5.74) is -0.682. The molecule has 0 aromatic rings. The largest absolute Gasteiger partial charge is 0.336 e. The molecule has 0 aliphatic rings. The van der Waals surface area contributed by atoms with E-state index in [4.69, 9.17) is 78.7 Å². The Hall–Kier alpha value is 1.89. The van der Waals surface area contributed by atoms with Gasteiger partial charge in [0.05, 0.1) is 41.4 Å². The van der Waals surface area contributed by atoms with Gasteiger partial charge in [0.25, 0.3) is 0 Å². The van der Waals surface area contributed by atoms with Crippen molar-refractivity contribution in [3.05, 3.63) is 0 Å². The fourth-order valence-electron chi connectivity index (χ4n) is 1.02. The zero-order chi connectivity index (χ0) is 14.9. The van der Waals surface area contributed by atoms with Crippen LogP contribution in [0.15, 0.2) is 0 Å². The highest BCUT2D eigenvalue weighted by Crippen LogP contribution is 2.56. The minimum atomic E-state index is -3.61. The van der Waals surface area contributed by atoms with Crippen LogP contribution in [0.3, 0.4) is 0 Å². The molecule has 116 valence electrons. The first kappa shape index (κ1) is 20.9. The molecule has 10 heteroatoms. The van der Waals surface area contributed by atoms with Crippen LogP contribution in [-0.2, 0) is 13.6 Å². The second-order valence-electron chi connectivity index (χ2n) is 3.57. The van der Waals surface area contributed by atoms with Crippen molar-refractivity contribution in [2.75, 3.05) is 35.3 Å². The summed E-state index contributed by atoms with van der Waals surface area (Å²) in [6.45, 7) is 0. The maximum atomic E-state index is 12.8. The number of hydrogen-bond acceptors (Lipinski definition) is 3. The van der Waals surface area contributed by atoms with Crippen LogP contribution in [0.25, 0.3) is 0 Å². The monoisotopic (exact) mass is 412 g/mol. The number of alkyl halides is 6. The van der Waals surface area contributed by atoms with Crippen molar-refractivity contribution < 1.29 is 13.6 Å². The van der Waals surface area contributed by atoms with Crippen molar-refractivity contribution in [2.45, 2.75) is 17.9 Å². The van der Waals surface area contributed by atoms with E-state index < -0.39 is 25.5 Å². The molecule has 0 unspecified atom stereocenters. The third kappa shape index (κ3) is 7.13. The zero-order valence-electron chi connectivity index (χ0n) is 9.91. The lowest BCUT2D eigenvalue weighted by atomic mass is 10.5. The van der Waals surface area contributed by atoms with Gasteiger partial charge < -0.3 is 9.05 Å². The van der Waals surface area contributed by atoms with Crippen molar-refractivity contribution in [3.8, 4) is 0 Å². The highest BCUT2D eigenvalue weighted by atomic mass is 35.5. The fraction of sp³-hybridized carbons (Fsp3) is 1.00. The molecule has 0 aliphatic carbocycles. The molecule has 0 amide bonds. The molecule has 0 spiro atoms. The Bertz CT molecular complexity index is 253. The molecule has 0 aromatic carbocycles. The Morgan fingerprint density at radius 3 is 1.21 bits per heavy atom. The molecule has 0 saturated heterocycles. The standard InChI is InChI=1S/C9H15Cl6O3P/c10-1-7(2-11)17-19(16,9(5-14)6-15)18-8(3-12)4-13/h7-9H,1-6H2. The van der Waals surface area contributed by atoms with E-state index in [2.05, 4.69) is 0 Å². The molecule has 0 saturated carbocycles. The second-order valence-corrected chi connectivity index (χ2v) is 7.66. The average Bonchev–Trinajstić information content (AvgIpc) is 2.43. The SMILES string of the molecule is O=P(OC(CCl)CCl)(OC(CCl)CCl)C(CCl)CCl. The molecule has 0 bridgehead atoms. The Kier molecular flexibility index (Phi) is 12.6. The van der Waals surface area contributed by atoms with E-state index in [1.807, 2.05) is 0 Å². The van der Waals surface area contributed by atoms with E-state index >= 15 is 0 Å². The van der Waals surface area contributed by atoms with Gasteiger partial charge in [0.15, 0.2) is 0 Å². The number of hydrogen-bond donors (Lipinski definition) is 0. The van der Waals surface area contributed by atoms with Crippen molar-refractivity contribution in [1.82, 2.24) is 0 Å². The van der Waals surface area contributed by atoms with Gasteiger partial charge in [-0.2, -0.15) is 0 Å². The van der Waals surface area contributed by atoms with Crippen LogP contribution in [0, 0.1) is 0 Å². The Balaban J connectivity index is 5.05. The zero-order valence-corrected chi connectivity index (χ0v) is 15.3. The lowest BCUT2D eigenvalue weighted by Gasteiger charge is -2.29. The quantitative estimate of drug-likeness (QED) is 0.361. The molecule has 0 atom stereocenters. The van der Waals surface area contributed by atoms with Crippen molar-refractivity contribution in [2.24, 2.45) is 0 Å². The molecule has 0 rings (SSSR count). The van der Waals surface area contributed by atoms with Crippen LogP contribution >= 0.6 is 77.2 Å². The summed E-state index contributed by atoms with van der Waals surface area (Å²) in [7, 11) is -3.61. The molecule has 0 radical (unpaired) electrons. The summed E-state index contributed by atoms with van der Waals surface area (Å²) in [6.07, 6.45) is -1.26. The van der Waals surface area contributed by atoms with Crippen LogP contribution < -0.4 is 0 Å². The normalized spacial score (nSPS) is 12.9. The summed E-state index contributed by atoms with van der Waals surface area (Å²) < 4.78 is 23.6. The van der Waals surface area contributed by atoms with Gasteiger partial charge in [-0.1, -0.05) is 0 Å². The molecule has 3 nitrogen and oxygen atoms in total.